The molecule has 3 heteroatoms. The zero-order valence-electron chi connectivity index (χ0n) is 10.2. The Balaban J connectivity index is 2.03. The molecule has 2 atom stereocenters. The third-order valence-electron chi connectivity index (χ3n) is 3.43. The summed E-state index contributed by atoms with van der Waals surface area (Å²) in [5.74, 6) is 0. The van der Waals surface area contributed by atoms with Gasteiger partial charge in [0, 0.05) is 23.9 Å². The smallest absolute Gasteiger partial charge is 0.0734 e. The van der Waals surface area contributed by atoms with Crippen LogP contribution in [0.1, 0.15) is 31.7 Å². The minimum absolute atomic E-state index is 0.212. The van der Waals surface area contributed by atoms with E-state index in [1.165, 1.54) is 5.56 Å². The van der Waals surface area contributed by atoms with E-state index in [2.05, 4.69) is 35.0 Å². The molecule has 1 aromatic rings. The molecule has 0 spiro atoms. The van der Waals surface area contributed by atoms with Gasteiger partial charge in [0.1, 0.15) is 0 Å². The molecule has 0 saturated carbocycles. The lowest BCUT2D eigenvalue weighted by atomic mass is 9.84. The molecule has 2 nitrogen and oxygen atoms in total. The minimum Gasteiger partial charge on any atom is -0.389 e. The molecule has 0 aromatic heterocycles. The van der Waals surface area contributed by atoms with Crippen molar-refractivity contribution in [2.45, 2.75) is 44.3 Å². The SMILES string of the molecule is CCC1CC(O)(Cc2ccc(Br)cc2)CCO1. The largest absolute Gasteiger partial charge is 0.389 e. The van der Waals surface area contributed by atoms with Gasteiger partial charge in [-0.2, -0.15) is 0 Å². The molecule has 17 heavy (non-hydrogen) atoms. The fourth-order valence-corrected chi connectivity index (χ4v) is 2.67. The van der Waals surface area contributed by atoms with E-state index < -0.39 is 5.60 Å². The summed E-state index contributed by atoms with van der Waals surface area (Å²) in [4.78, 5) is 0. The van der Waals surface area contributed by atoms with E-state index >= 15 is 0 Å². The van der Waals surface area contributed by atoms with Crippen molar-refractivity contribution >= 4 is 15.9 Å². The molecule has 1 aliphatic rings. The van der Waals surface area contributed by atoms with Crippen LogP contribution in [0.3, 0.4) is 0 Å². The van der Waals surface area contributed by atoms with Crippen LogP contribution in [0.15, 0.2) is 28.7 Å². The third-order valence-corrected chi connectivity index (χ3v) is 3.96. The summed E-state index contributed by atoms with van der Waals surface area (Å²) in [6, 6.07) is 8.18. The molecule has 0 radical (unpaired) electrons. The fraction of sp³-hybridized carbons (Fsp3) is 0.571. The predicted molar refractivity (Wildman–Crippen MR) is 72.1 cm³/mol. The zero-order chi connectivity index (χ0) is 12.3. The van der Waals surface area contributed by atoms with Gasteiger partial charge in [0.15, 0.2) is 0 Å². The van der Waals surface area contributed by atoms with E-state index in [0.717, 1.165) is 30.2 Å². The fourth-order valence-electron chi connectivity index (χ4n) is 2.41. The van der Waals surface area contributed by atoms with Crippen LogP contribution in [-0.2, 0) is 11.2 Å². The van der Waals surface area contributed by atoms with Gasteiger partial charge in [-0.1, -0.05) is 35.0 Å². The first-order chi connectivity index (χ1) is 8.11. The summed E-state index contributed by atoms with van der Waals surface area (Å²) in [6.45, 7) is 2.78. The lowest BCUT2D eigenvalue weighted by Gasteiger charge is -2.36. The van der Waals surface area contributed by atoms with Crippen molar-refractivity contribution in [3.05, 3.63) is 34.3 Å². The number of halogens is 1. The summed E-state index contributed by atoms with van der Waals surface area (Å²) < 4.78 is 6.69. The number of ether oxygens (including phenoxy) is 1. The van der Waals surface area contributed by atoms with Crippen LogP contribution in [-0.4, -0.2) is 23.4 Å². The molecule has 94 valence electrons. The van der Waals surface area contributed by atoms with Crippen LogP contribution in [0, 0.1) is 0 Å². The van der Waals surface area contributed by atoms with Gasteiger partial charge >= 0.3 is 0 Å². The van der Waals surface area contributed by atoms with Gasteiger partial charge in [-0.15, -0.1) is 0 Å². The first kappa shape index (κ1) is 13.1. The van der Waals surface area contributed by atoms with Crippen molar-refractivity contribution in [2.75, 3.05) is 6.61 Å². The number of aliphatic hydroxyl groups is 1. The summed E-state index contributed by atoms with van der Waals surface area (Å²) in [6.07, 6.45) is 3.39. The van der Waals surface area contributed by atoms with Crippen molar-refractivity contribution in [1.82, 2.24) is 0 Å². The van der Waals surface area contributed by atoms with E-state index in [1.807, 2.05) is 12.1 Å². The topological polar surface area (TPSA) is 29.5 Å². The number of benzene rings is 1. The van der Waals surface area contributed by atoms with Gasteiger partial charge < -0.3 is 9.84 Å². The summed E-state index contributed by atoms with van der Waals surface area (Å²) in [7, 11) is 0. The van der Waals surface area contributed by atoms with E-state index in [9.17, 15) is 5.11 Å². The Morgan fingerprint density at radius 2 is 2.12 bits per heavy atom. The zero-order valence-corrected chi connectivity index (χ0v) is 11.7. The van der Waals surface area contributed by atoms with Gasteiger partial charge in [0.05, 0.1) is 11.7 Å². The standard InChI is InChI=1S/C14H19BrO2/c1-2-13-10-14(16,7-8-17-13)9-11-3-5-12(15)6-4-11/h3-6,13,16H,2,7-10H2,1H3. The normalized spacial score (nSPS) is 29.2. The summed E-state index contributed by atoms with van der Waals surface area (Å²) in [5, 5.41) is 10.6. The van der Waals surface area contributed by atoms with Gasteiger partial charge in [-0.05, 0) is 30.5 Å². The molecule has 0 amide bonds. The highest BCUT2D eigenvalue weighted by molar-refractivity contribution is 9.10. The summed E-state index contributed by atoms with van der Waals surface area (Å²) >= 11 is 3.42. The highest BCUT2D eigenvalue weighted by Crippen LogP contribution is 2.30. The first-order valence-corrected chi connectivity index (χ1v) is 6.99. The van der Waals surface area contributed by atoms with Crippen molar-refractivity contribution in [3.63, 3.8) is 0 Å². The number of hydrogen-bond acceptors (Lipinski definition) is 2. The second-order valence-electron chi connectivity index (χ2n) is 4.88. The van der Waals surface area contributed by atoms with Crippen LogP contribution >= 0.6 is 15.9 Å². The maximum absolute atomic E-state index is 10.6. The molecule has 1 aromatic carbocycles. The first-order valence-electron chi connectivity index (χ1n) is 6.20. The number of rotatable bonds is 3. The Morgan fingerprint density at radius 3 is 2.76 bits per heavy atom. The average molecular weight is 299 g/mol. The van der Waals surface area contributed by atoms with Crippen LogP contribution in [0.4, 0.5) is 0 Å². The molecule has 2 unspecified atom stereocenters. The van der Waals surface area contributed by atoms with Gasteiger partial charge in [-0.25, -0.2) is 0 Å². The lowest BCUT2D eigenvalue weighted by Crippen LogP contribution is -2.42. The highest BCUT2D eigenvalue weighted by Gasteiger charge is 2.34. The van der Waals surface area contributed by atoms with Crippen molar-refractivity contribution in [3.8, 4) is 0 Å². The Bertz CT molecular complexity index is 363. The average Bonchev–Trinajstić information content (AvgIpc) is 2.32. The second kappa shape index (κ2) is 5.51. The number of hydrogen-bond donors (Lipinski definition) is 1. The Hall–Kier alpha value is -0.380. The lowest BCUT2D eigenvalue weighted by molar-refractivity contribution is -0.103. The molecule has 1 fully saturated rings. The molecule has 0 aliphatic carbocycles. The van der Waals surface area contributed by atoms with E-state index in [4.69, 9.17) is 4.74 Å². The Morgan fingerprint density at radius 1 is 1.41 bits per heavy atom. The van der Waals surface area contributed by atoms with Crippen LogP contribution < -0.4 is 0 Å². The quantitative estimate of drug-likeness (QED) is 0.928. The van der Waals surface area contributed by atoms with E-state index in [-0.39, 0.29) is 6.10 Å². The van der Waals surface area contributed by atoms with E-state index in [1.54, 1.807) is 0 Å². The molecule has 0 bridgehead atoms. The monoisotopic (exact) mass is 298 g/mol. The molecule has 1 heterocycles. The van der Waals surface area contributed by atoms with Gasteiger partial charge in [-0.3, -0.25) is 0 Å². The van der Waals surface area contributed by atoms with Crippen LogP contribution in [0.5, 0.6) is 0 Å². The van der Waals surface area contributed by atoms with Gasteiger partial charge in [0.2, 0.25) is 0 Å². The van der Waals surface area contributed by atoms with Crippen LogP contribution in [0.2, 0.25) is 0 Å². The molecular weight excluding hydrogens is 280 g/mol. The molecular formula is C14H19BrO2. The predicted octanol–water partition coefficient (Wildman–Crippen LogP) is 3.31. The molecule has 1 N–H and O–H groups in total. The maximum atomic E-state index is 10.6. The molecule has 2 rings (SSSR count). The minimum atomic E-state index is -0.591. The Kier molecular flexibility index (Phi) is 4.23. The second-order valence-corrected chi connectivity index (χ2v) is 5.80. The van der Waals surface area contributed by atoms with E-state index in [0.29, 0.717) is 6.61 Å². The summed E-state index contributed by atoms with van der Waals surface area (Å²) in [5.41, 5.74) is 0.597. The van der Waals surface area contributed by atoms with Crippen molar-refractivity contribution in [2.24, 2.45) is 0 Å². The highest BCUT2D eigenvalue weighted by atomic mass is 79.9. The maximum Gasteiger partial charge on any atom is 0.0734 e. The van der Waals surface area contributed by atoms with Gasteiger partial charge in [0.25, 0.3) is 0 Å². The van der Waals surface area contributed by atoms with Crippen molar-refractivity contribution < 1.29 is 9.84 Å². The van der Waals surface area contributed by atoms with Crippen LogP contribution in [0.25, 0.3) is 0 Å². The molecule has 1 saturated heterocycles. The third kappa shape index (κ3) is 3.54. The Labute approximate surface area is 111 Å². The van der Waals surface area contributed by atoms with Crippen molar-refractivity contribution in [1.29, 1.82) is 0 Å². The molecule has 1 aliphatic heterocycles.